The van der Waals surface area contributed by atoms with Crippen LogP contribution in [0.1, 0.15) is 64.7 Å². The van der Waals surface area contributed by atoms with Crippen molar-refractivity contribution in [2.24, 2.45) is 17.8 Å². The molecule has 3 aliphatic carbocycles. The van der Waals surface area contributed by atoms with E-state index < -0.39 is 172 Å². The standard InChI is InChI=1S/C44H72O23/c1-17-40(67-30(48)9-6-18-4-7-20(46)8-5-18)36(54)39(57)42(61-17)60-16-29-33(51)35(53)38(56)44(66-29)64-27-14-22-23(62-41(27)19-10-25(58-2)31(49)26(11-19)59-3)12-21(47)13-24(22)63-43-37(55)34(52)32(50)28(15-45)65-43/h6,9,17-29,31-47,49-57H,4-5,7-8,10-16H2,1-3H3. The van der Waals surface area contributed by atoms with Gasteiger partial charge in [-0.1, -0.05) is 6.08 Å². The molecule has 0 aromatic heterocycles. The molecule has 0 bridgehead atoms. The van der Waals surface area contributed by atoms with Crippen LogP contribution in [0.3, 0.4) is 0 Å². The Bertz CT molecular complexity index is 1570. The highest BCUT2D eigenvalue weighted by Gasteiger charge is 2.55. The van der Waals surface area contributed by atoms with E-state index in [0.29, 0.717) is 25.7 Å². The van der Waals surface area contributed by atoms with Gasteiger partial charge in [0, 0.05) is 32.6 Å². The van der Waals surface area contributed by atoms with Crippen molar-refractivity contribution in [2.75, 3.05) is 27.4 Å². The van der Waals surface area contributed by atoms with Gasteiger partial charge in [0.2, 0.25) is 0 Å². The molecule has 4 heterocycles. The minimum atomic E-state index is -1.85. The molecule has 23 unspecified atom stereocenters. The van der Waals surface area contributed by atoms with Gasteiger partial charge in [-0.05, 0) is 70.1 Å². The zero-order chi connectivity index (χ0) is 48.4. The molecule has 7 aliphatic rings. The van der Waals surface area contributed by atoms with E-state index in [4.69, 9.17) is 47.4 Å². The molecule has 0 aromatic carbocycles. The van der Waals surface area contributed by atoms with Crippen LogP contribution < -0.4 is 0 Å². The first-order valence-corrected chi connectivity index (χ1v) is 23.5. The molecule has 7 fully saturated rings. The van der Waals surface area contributed by atoms with Crippen molar-refractivity contribution in [3.05, 3.63) is 12.2 Å². The summed E-state index contributed by atoms with van der Waals surface area (Å²) in [6.45, 7) is 0.243. The lowest BCUT2D eigenvalue weighted by Gasteiger charge is -2.53. The summed E-state index contributed by atoms with van der Waals surface area (Å²) in [6.07, 6.45) is -24.3. The second-order valence-corrected chi connectivity index (χ2v) is 19.3. The van der Waals surface area contributed by atoms with Crippen LogP contribution in [0.4, 0.5) is 0 Å². The molecular weight excluding hydrogens is 896 g/mol. The molecule has 23 nitrogen and oxygen atoms in total. The van der Waals surface area contributed by atoms with Crippen molar-refractivity contribution >= 4 is 5.97 Å². The number of hydrogen-bond acceptors (Lipinski definition) is 23. The number of allylic oxidation sites excluding steroid dienone is 1. The molecule has 67 heavy (non-hydrogen) atoms. The summed E-state index contributed by atoms with van der Waals surface area (Å²) in [6, 6.07) is 0. The Kier molecular flexibility index (Phi) is 18.5. The minimum absolute atomic E-state index is 0.0203. The third-order valence-electron chi connectivity index (χ3n) is 14.9. The summed E-state index contributed by atoms with van der Waals surface area (Å²) in [5.74, 6) is -1.70. The Labute approximate surface area is 388 Å². The molecule has 3 saturated carbocycles. The molecule has 23 heteroatoms. The van der Waals surface area contributed by atoms with Crippen LogP contribution >= 0.6 is 0 Å². The number of rotatable bonds is 14. The number of aliphatic hydroxyl groups excluding tert-OH is 12. The van der Waals surface area contributed by atoms with Crippen molar-refractivity contribution in [1.29, 1.82) is 0 Å². The number of carbonyl (C=O) groups is 1. The molecule has 386 valence electrons. The molecular formula is C44H72O23. The maximum absolute atomic E-state index is 12.7. The number of hydrogen-bond donors (Lipinski definition) is 12. The van der Waals surface area contributed by atoms with Gasteiger partial charge in [-0.2, -0.15) is 0 Å². The third-order valence-corrected chi connectivity index (χ3v) is 14.9. The quantitative estimate of drug-likeness (QED) is 0.0578. The van der Waals surface area contributed by atoms with E-state index in [1.165, 1.54) is 27.2 Å². The minimum Gasteiger partial charge on any atom is -0.454 e. The fraction of sp³-hybridized carbons (Fsp3) is 0.932. The van der Waals surface area contributed by atoms with E-state index in [1.54, 1.807) is 6.08 Å². The SMILES string of the molecule is COC1CC(C2OC3CC(O)CC(OC4OC(CO)C(O)C(O)C4O)C3CC2OC2OC(COC3OC(C)C(OC(=O)C=CC4CCC(O)CC4)C(O)C3O)C(O)C(O)C2O)CC(OC)C1O. The van der Waals surface area contributed by atoms with Gasteiger partial charge in [0.15, 0.2) is 25.0 Å². The Morgan fingerprint density at radius 3 is 1.78 bits per heavy atom. The van der Waals surface area contributed by atoms with Crippen molar-refractivity contribution < 1.29 is 113 Å². The van der Waals surface area contributed by atoms with E-state index in [-0.39, 0.29) is 44.1 Å². The molecule has 0 amide bonds. The number of fused-ring (bicyclic) bond motifs is 1. The molecule has 4 aliphatic heterocycles. The summed E-state index contributed by atoms with van der Waals surface area (Å²) < 4.78 is 59.5. The van der Waals surface area contributed by atoms with Crippen LogP contribution in [0.15, 0.2) is 12.2 Å². The second kappa shape index (κ2) is 23.3. The average molecular weight is 969 g/mol. The number of esters is 1. The van der Waals surface area contributed by atoms with Crippen LogP contribution in [0.25, 0.3) is 0 Å². The number of carbonyl (C=O) groups excluding carboxylic acids is 1. The van der Waals surface area contributed by atoms with Crippen LogP contribution in [-0.4, -0.2) is 242 Å². The monoisotopic (exact) mass is 968 g/mol. The Morgan fingerprint density at radius 1 is 0.582 bits per heavy atom. The van der Waals surface area contributed by atoms with Gasteiger partial charge in [-0.3, -0.25) is 0 Å². The van der Waals surface area contributed by atoms with Crippen LogP contribution in [-0.2, 0) is 52.2 Å². The van der Waals surface area contributed by atoms with Gasteiger partial charge in [0.05, 0.1) is 68.1 Å². The lowest BCUT2D eigenvalue weighted by atomic mass is 9.72. The first kappa shape index (κ1) is 53.2. The Morgan fingerprint density at radius 2 is 1.16 bits per heavy atom. The van der Waals surface area contributed by atoms with Crippen molar-refractivity contribution in [2.45, 2.75) is 212 Å². The first-order valence-electron chi connectivity index (χ1n) is 23.5. The highest BCUT2D eigenvalue weighted by molar-refractivity contribution is 5.82. The second-order valence-electron chi connectivity index (χ2n) is 19.3. The number of methoxy groups -OCH3 is 2. The van der Waals surface area contributed by atoms with Gasteiger partial charge < -0.3 is 109 Å². The van der Waals surface area contributed by atoms with Crippen LogP contribution in [0.2, 0.25) is 0 Å². The summed E-state index contributed by atoms with van der Waals surface area (Å²) in [5, 5.41) is 129. The lowest BCUT2D eigenvalue weighted by molar-refractivity contribution is -0.352. The molecule has 7 rings (SSSR count). The van der Waals surface area contributed by atoms with Crippen molar-refractivity contribution in [3.63, 3.8) is 0 Å². The third kappa shape index (κ3) is 12.0. The van der Waals surface area contributed by atoms with Gasteiger partial charge in [-0.25, -0.2) is 4.79 Å². The van der Waals surface area contributed by atoms with E-state index in [1.807, 2.05) is 0 Å². The van der Waals surface area contributed by atoms with E-state index >= 15 is 0 Å². The summed E-state index contributed by atoms with van der Waals surface area (Å²) in [4.78, 5) is 12.7. The fourth-order valence-corrected chi connectivity index (χ4v) is 10.9. The predicted octanol–water partition coefficient (Wildman–Crippen LogP) is -4.40. The van der Waals surface area contributed by atoms with Crippen LogP contribution in [0, 0.1) is 17.8 Å². The molecule has 23 atom stereocenters. The largest absolute Gasteiger partial charge is 0.454 e. The summed E-state index contributed by atoms with van der Waals surface area (Å²) >= 11 is 0. The maximum Gasteiger partial charge on any atom is 0.330 e. The summed E-state index contributed by atoms with van der Waals surface area (Å²) in [7, 11) is 2.90. The number of ether oxygens (including phenoxy) is 10. The highest BCUT2D eigenvalue weighted by atomic mass is 16.7. The van der Waals surface area contributed by atoms with Crippen molar-refractivity contribution in [1.82, 2.24) is 0 Å². The molecule has 0 aromatic rings. The van der Waals surface area contributed by atoms with E-state index in [2.05, 4.69) is 0 Å². The van der Waals surface area contributed by atoms with Gasteiger partial charge >= 0.3 is 5.97 Å². The Balaban J connectivity index is 1.04. The topological polar surface area (TPSA) is 352 Å². The van der Waals surface area contributed by atoms with Gasteiger partial charge in [-0.15, -0.1) is 0 Å². The maximum atomic E-state index is 12.7. The normalized spacial score (nSPS) is 51.0. The van der Waals surface area contributed by atoms with Gasteiger partial charge in [0.1, 0.15) is 67.1 Å². The molecule has 0 radical (unpaired) electrons. The lowest BCUT2D eigenvalue weighted by Crippen LogP contribution is -2.64. The smallest absolute Gasteiger partial charge is 0.330 e. The average Bonchev–Trinajstić information content (AvgIpc) is 3.31. The van der Waals surface area contributed by atoms with Crippen LogP contribution in [0.5, 0.6) is 0 Å². The summed E-state index contributed by atoms with van der Waals surface area (Å²) in [5.41, 5.74) is 0. The first-order chi connectivity index (χ1) is 31.9. The van der Waals surface area contributed by atoms with E-state index in [9.17, 15) is 66.1 Å². The zero-order valence-corrected chi connectivity index (χ0v) is 37.9. The number of aliphatic hydroxyl groups is 12. The molecule has 12 N–H and O–H groups in total. The van der Waals surface area contributed by atoms with E-state index in [0.717, 1.165) is 0 Å². The fourth-order valence-electron chi connectivity index (χ4n) is 10.9. The Hall–Kier alpha value is -1.63. The van der Waals surface area contributed by atoms with Crippen molar-refractivity contribution in [3.8, 4) is 0 Å². The predicted molar refractivity (Wildman–Crippen MR) is 222 cm³/mol. The molecule has 4 saturated heterocycles. The molecule has 0 spiro atoms. The highest BCUT2D eigenvalue weighted by Crippen LogP contribution is 2.45. The van der Waals surface area contributed by atoms with Gasteiger partial charge in [0.25, 0.3) is 0 Å². The zero-order valence-electron chi connectivity index (χ0n) is 37.9.